The van der Waals surface area contributed by atoms with E-state index in [2.05, 4.69) is 26.1 Å². The first kappa shape index (κ1) is 10.0. The fourth-order valence-corrected chi connectivity index (χ4v) is 2.07. The number of rotatable bonds is 1. The summed E-state index contributed by atoms with van der Waals surface area (Å²) in [6, 6.07) is 0. The highest BCUT2D eigenvalue weighted by molar-refractivity contribution is 4.86. The van der Waals surface area contributed by atoms with Gasteiger partial charge < -0.3 is 10.1 Å². The van der Waals surface area contributed by atoms with E-state index in [0.717, 1.165) is 13.1 Å². The van der Waals surface area contributed by atoms with E-state index in [0.29, 0.717) is 17.4 Å². The van der Waals surface area contributed by atoms with Gasteiger partial charge in [-0.2, -0.15) is 0 Å². The molecule has 12 heavy (non-hydrogen) atoms. The Bertz CT molecular complexity index is 139. The van der Waals surface area contributed by atoms with Gasteiger partial charge in [0.15, 0.2) is 0 Å². The van der Waals surface area contributed by atoms with Gasteiger partial charge in [-0.3, -0.25) is 0 Å². The second-order valence-corrected chi connectivity index (χ2v) is 4.74. The summed E-state index contributed by atoms with van der Waals surface area (Å²) in [5, 5.41) is 3.36. The Hall–Kier alpha value is -0.0800. The number of nitrogens with one attached hydrogen (secondary N) is 1. The molecule has 0 aromatic rings. The molecule has 0 aromatic heterocycles. The molecular weight excluding hydrogens is 150 g/mol. The molecule has 1 N–H and O–H groups in total. The van der Waals surface area contributed by atoms with Crippen molar-refractivity contribution in [3.05, 3.63) is 0 Å². The van der Waals surface area contributed by atoms with Crippen LogP contribution in [0.4, 0.5) is 0 Å². The van der Waals surface area contributed by atoms with E-state index >= 15 is 0 Å². The van der Waals surface area contributed by atoms with Gasteiger partial charge in [0.1, 0.15) is 0 Å². The molecule has 72 valence electrons. The third kappa shape index (κ3) is 2.20. The third-order valence-corrected chi connectivity index (χ3v) is 2.84. The van der Waals surface area contributed by atoms with Crippen LogP contribution in [0.5, 0.6) is 0 Å². The lowest BCUT2D eigenvalue weighted by Crippen LogP contribution is -2.46. The molecular formula is C10H21NO. The predicted octanol–water partition coefficient (Wildman–Crippen LogP) is 1.66. The van der Waals surface area contributed by atoms with Crippen molar-refractivity contribution in [1.82, 2.24) is 5.32 Å². The van der Waals surface area contributed by atoms with Crippen molar-refractivity contribution in [2.45, 2.75) is 33.3 Å². The van der Waals surface area contributed by atoms with E-state index < -0.39 is 0 Å². The zero-order valence-corrected chi connectivity index (χ0v) is 8.68. The van der Waals surface area contributed by atoms with E-state index in [-0.39, 0.29) is 0 Å². The molecule has 1 fully saturated rings. The fourth-order valence-electron chi connectivity index (χ4n) is 2.07. The summed E-state index contributed by atoms with van der Waals surface area (Å²) < 4.78 is 5.47. The van der Waals surface area contributed by atoms with Gasteiger partial charge in [-0.25, -0.2) is 0 Å². The molecule has 0 saturated carbocycles. The van der Waals surface area contributed by atoms with Crippen LogP contribution in [0.1, 0.15) is 27.2 Å². The quantitative estimate of drug-likeness (QED) is 0.648. The number of ether oxygens (including phenoxy) is 1. The molecule has 1 aliphatic heterocycles. The van der Waals surface area contributed by atoms with Crippen LogP contribution in [0.15, 0.2) is 0 Å². The average molecular weight is 171 g/mol. The molecule has 0 aliphatic carbocycles. The normalized spacial score (nSPS) is 32.0. The van der Waals surface area contributed by atoms with Crippen molar-refractivity contribution in [3.63, 3.8) is 0 Å². The molecule has 0 bridgehead atoms. The van der Waals surface area contributed by atoms with E-state index in [1.165, 1.54) is 6.42 Å². The van der Waals surface area contributed by atoms with Crippen molar-refractivity contribution in [2.75, 3.05) is 20.2 Å². The van der Waals surface area contributed by atoms with Crippen molar-refractivity contribution < 1.29 is 4.74 Å². The van der Waals surface area contributed by atoms with E-state index in [1.54, 1.807) is 0 Å². The van der Waals surface area contributed by atoms with Crippen molar-refractivity contribution >= 4 is 0 Å². The largest absolute Gasteiger partial charge is 0.380 e. The smallest absolute Gasteiger partial charge is 0.0729 e. The first-order valence-electron chi connectivity index (χ1n) is 4.79. The Kier molecular flexibility index (Phi) is 3.13. The maximum absolute atomic E-state index is 5.47. The topological polar surface area (TPSA) is 21.3 Å². The molecule has 1 aliphatic rings. The van der Waals surface area contributed by atoms with Gasteiger partial charge in [-0.05, 0) is 24.3 Å². The Morgan fingerprint density at radius 2 is 2.00 bits per heavy atom. The van der Waals surface area contributed by atoms with Crippen LogP contribution in [0.25, 0.3) is 0 Å². The Morgan fingerprint density at radius 3 is 2.42 bits per heavy atom. The second kappa shape index (κ2) is 3.75. The fraction of sp³-hybridized carbons (Fsp3) is 1.00. The Balaban J connectivity index is 2.59. The minimum atomic E-state index is 0.378. The summed E-state index contributed by atoms with van der Waals surface area (Å²) in [6.07, 6.45) is 1.64. The molecule has 2 atom stereocenters. The third-order valence-electron chi connectivity index (χ3n) is 2.84. The SMILES string of the molecule is COC1CNCCC1C(C)(C)C. The van der Waals surface area contributed by atoms with Gasteiger partial charge in [0.2, 0.25) is 0 Å². The minimum absolute atomic E-state index is 0.378. The Morgan fingerprint density at radius 1 is 1.33 bits per heavy atom. The highest BCUT2D eigenvalue weighted by Gasteiger charge is 2.33. The van der Waals surface area contributed by atoms with Gasteiger partial charge in [0, 0.05) is 13.7 Å². The number of piperidine rings is 1. The molecule has 2 heteroatoms. The predicted molar refractivity (Wildman–Crippen MR) is 51.2 cm³/mol. The first-order valence-corrected chi connectivity index (χ1v) is 4.79. The molecule has 0 radical (unpaired) electrons. The Labute approximate surface area is 75.7 Å². The van der Waals surface area contributed by atoms with Crippen molar-refractivity contribution in [3.8, 4) is 0 Å². The number of hydrogen-bond acceptors (Lipinski definition) is 2. The maximum atomic E-state index is 5.47. The molecule has 1 saturated heterocycles. The minimum Gasteiger partial charge on any atom is -0.380 e. The average Bonchev–Trinajstić information content (AvgIpc) is 2.03. The molecule has 2 unspecified atom stereocenters. The van der Waals surface area contributed by atoms with Gasteiger partial charge in [-0.1, -0.05) is 20.8 Å². The highest BCUT2D eigenvalue weighted by Crippen LogP contribution is 2.33. The summed E-state index contributed by atoms with van der Waals surface area (Å²) in [4.78, 5) is 0. The van der Waals surface area contributed by atoms with Crippen LogP contribution in [-0.2, 0) is 4.74 Å². The maximum Gasteiger partial charge on any atom is 0.0729 e. The van der Waals surface area contributed by atoms with Crippen LogP contribution < -0.4 is 5.32 Å². The number of methoxy groups -OCH3 is 1. The summed E-state index contributed by atoms with van der Waals surface area (Å²) in [5.41, 5.74) is 0.378. The van der Waals surface area contributed by atoms with E-state index in [9.17, 15) is 0 Å². The van der Waals surface area contributed by atoms with E-state index in [1.807, 2.05) is 7.11 Å². The molecule has 0 spiro atoms. The van der Waals surface area contributed by atoms with Crippen LogP contribution in [-0.4, -0.2) is 26.3 Å². The van der Waals surface area contributed by atoms with Crippen LogP contribution in [0.3, 0.4) is 0 Å². The second-order valence-electron chi connectivity index (χ2n) is 4.74. The molecule has 1 heterocycles. The van der Waals surface area contributed by atoms with Crippen LogP contribution >= 0.6 is 0 Å². The standard InChI is InChI=1S/C10H21NO/c1-10(2,3)8-5-6-11-7-9(8)12-4/h8-9,11H,5-7H2,1-4H3. The monoisotopic (exact) mass is 171 g/mol. The van der Waals surface area contributed by atoms with Gasteiger partial charge in [-0.15, -0.1) is 0 Å². The van der Waals surface area contributed by atoms with E-state index in [4.69, 9.17) is 4.74 Å². The lowest BCUT2D eigenvalue weighted by Gasteiger charge is -2.39. The first-order chi connectivity index (χ1) is 5.55. The van der Waals surface area contributed by atoms with Gasteiger partial charge >= 0.3 is 0 Å². The summed E-state index contributed by atoms with van der Waals surface area (Å²) >= 11 is 0. The van der Waals surface area contributed by atoms with Gasteiger partial charge in [0.05, 0.1) is 6.10 Å². The van der Waals surface area contributed by atoms with Crippen molar-refractivity contribution in [2.24, 2.45) is 11.3 Å². The number of hydrogen-bond donors (Lipinski definition) is 1. The molecule has 1 rings (SSSR count). The zero-order chi connectivity index (χ0) is 9.19. The van der Waals surface area contributed by atoms with Crippen LogP contribution in [0, 0.1) is 11.3 Å². The van der Waals surface area contributed by atoms with Crippen molar-refractivity contribution in [1.29, 1.82) is 0 Å². The highest BCUT2D eigenvalue weighted by atomic mass is 16.5. The lowest BCUT2D eigenvalue weighted by atomic mass is 9.74. The summed E-state index contributed by atoms with van der Waals surface area (Å²) in [6.45, 7) is 9.05. The molecule has 0 aromatic carbocycles. The summed E-state index contributed by atoms with van der Waals surface area (Å²) in [7, 11) is 1.82. The molecule has 2 nitrogen and oxygen atoms in total. The summed E-state index contributed by atoms with van der Waals surface area (Å²) in [5.74, 6) is 0.698. The van der Waals surface area contributed by atoms with Crippen LogP contribution in [0.2, 0.25) is 0 Å². The zero-order valence-electron chi connectivity index (χ0n) is 8.68. The lowest BCUT2D eigenvalue weighted by molar-refractivity contribution is -0.0125. The molecule has 0 amide bonds. The van der Waals surface area contributed by atoms with Gasteiger partial charge in [0.25, 0.3) is 0 Å².